The lowest BCUT2D eigenvalue weighted by Gasteiger charge is -2.14. The van der Waals surface area contributed by atoms with Crippen LogP contribution in [0.25, 0.3) is 5.57 Å². The Balaban J connectivity index is 1.72. The minimum Gasteiger partial charge on any atom is -0.387 e. The van der Waals surface area contributed by atoms with Gasteiger partial charge in [0, 0.05) is 24.0 Å². The van der Waals surface area contributed by atoms with Gasteiger partial charge in [0.1, 0.15) is 5.84 Å². The number of aryl methyl sites for hydroxylation is 3. The van der Waals surface area contributed by atoms with Crippen LogP contribution < -0.4 is 16.4 Å². The second-order valence-electron chi connectivity index (χ2n) is 6.39. The lowest BCUT2D eigenvalue weighted by Crippen LogP contribution is -2.20. The summed E-state index contributed by atoms with van der Waals surface area (Å²) in [4.78, 5) is 16.5. The van der Waals surface area contributed by atoms with E-state index in [4.69, 9.17) is 5.73 Å². The third-order valence-corrected chi connectivity index (χ3v) is 4.16. The number of amides is 2. The first-order chi connectivity index (χ1) is 11.9. The van der Waals surface area contributed by atoms with Gasteiger partial charge in [-0.25, -0.2) is 9.79 Å². The van der Waals surface area contributed by atoms with E-state index in [9.17, 15) is 4.79 Å². The number of amidine groups is 1. The number of carbonyl (C=O) groups is 1. The van der Waals surface area contributed by atoms with Gasteiger partial charge in [0.2, 0.25) is 0 Å². The average molecular weight is 334 g/mol. The van der Waals surface area contributed by atoms with Crippen molar-refractivity contribution in [3.63, 3.8) is 0 Å². The summed E-state index contributed by atoms with van der Waals surface area (Å²) >= 11 is 0. The van der Waals surface area contributed by atoms with Crippen molar-refractivity contribution in [3.05, 3.63) is 64.9 Å². The lowest BCUT2D eigenvalue weighted by molar-refractivity contribution is 0.262. The van der Waals surface area contributed by atoms with Gasteiger partial charge in [-0.1, -0.05) is 29.8 Å². The van der Waals surface area contributed by atoms with E-state index in [1.807, 2.05) is 45.0 Å². The third-order valence-electron chi connectivity index (χ3n) is 4.16. The molecule has 0 saturated heterocycles. The van der Waals surface area contributed by atoms with Crippen molar-refractivity contribution in [2.45, 2.75) is 27.2 Å². The van der Waals surface area contributed by atoms with Gasteiger partial charge in [-0.2, -0.15) is 0 Å². The van der Waals surface area contributed by atoms with E-state index in [1.54, 1.807) is 6.20 Å². The number of nitrogens with one attached hydrogen (secondary N) is 2. The molecule has 2 amide bonds. The minimum absolute atomic E-state index is 0.261. The Morgan fingerprint density at radius 2 is 1.80 bits per heavy atom. The highest BCUT2D eigenvalue weighted by molar-refractivity contribution is 6.01. The second-order valence-corrected chi connectivity index (χ2v) is 6.39. The summed E-state index contributed by atoms with van der Waals surface area (Å²) < 4.78 is 0. The van der Waals surface area contributed by atoms with Gasteiger partial charge >= 0.3 is 6.03 Å². The molecule has 0 aliphatic carbocycles. The van der Waals surface area contributed by atoms with E-state index in [-0.39, 0.29) is 6.03 Å². The van der Waals surface area contributed by atoms with E-state index < -0.39 is 0 Å². The summed E-state index contributed by atoms with van der Waals surface area (Å²) in [5.41, 5.74) is 12.6. The molecule has 1 aliphatic heterocycles. The summed E-state index contributed by atoms with van der Waals surface area (Å²) in [5, 5.41) is 5.83. The molecule has 0 atom stereocenters. The summed E-state index contributed by atoms with van der Waals surface area (Å²) in [5.74, 6) is 0.608. The second kappa shape index (κ2) is 6.81. The van der Waals surface area contributed by atoms with Crippen molar-refractivity contribution in [1.29, 1.82) is 0 Å². The predicted octanol–water partition coefficient (Wildman–Crippen LogP) is 4.36. The molecular formula is C20H22N4O. The fraction of sp³-hybridized carbons (Fsp3) is 0.200. The molecule has 0 unspecified atom stereocenters. The zero-order valence-corrected chi connectivity index (χ0v) is 14.7. The zero-order chi connectivity index (χ0) is 18.0. The van der Waals surface area contributed by atoms with Gasteiger partial charge in [0.25, 0.3) is 0 Å². The number of aliphatic imine (C=N–C) groups is 1. The molecule has 0 aromatic heterocycles. The van der Waals surface area contributed by atoms with E-state index in [0.717, 1.165) is 33.6 Å². The lowest BCUT2D eigenvalue weighted by atomic mass is 10.0. The van der Waals surface area contributed by atoms with Gasteiger partial charge in [-0.15, -0.1) is 0 Å². The molecule has 2 aromatic rings. The standard InChI is InChI=1S/C20H22N4O/c1-12-7-13(2)19(14(3)8-12)24-20(25)23-17-6-4-5-15(9-17)16-10-18(21)22-11-16/h4-9,11H,10H2,1-3H3,(H2,21,22)(H2,23,24,25). The van der Waals surface area contributed by atoms with Crippen molar-refractivity contribution in [2.75, 3.05) is 10.6 Å². The topological polar surface area (TPSA) is 79.5 Å². The van der Waals surface area contributed by atoms with Crippen molar-refractivity contribution < 1.29 is 4.79 Å². The quantitative estimate of drug-likeness (QED) is 0.780. The van der Waals surface area contributed by atoms with Crippen LogP contribution in [0.2, 0.25) is 0 Å². The molecule has 0 bridgehead atoms. The van der Waals surface area contributed by atoms with Crippen LogP contribution in [-0.4, -0.2) is 11.9 Å². The summed E-state index contributed by atoms with van der Waals surface area (Å²) in [7, 11) is 0. The normalized spacial score (nSPS) is 13.2. The Bertz CT molecular complexity index is 873. The molecule has 0 saturated carbocycles. The SMILES string of the molecule is Cc1cc(C)c(NC(=O)Nc2cccc(C3=CN=C(N)C3)c2)c(C)c1. The molecule has 3 rings (SSSR count). The number of rotatable bonds is 3. The summed E-state index contributed by atoms with van der Waals surface area (Å²) in [6.45, 7) is 6.03. The number of benzene rings is 2. The van der Waals surface area contributed by atoms with Crippen LogP contribution in [0.1, 0.15) is 28.7 Å². The molecule has 1 aliphatic rings. The van der Waals surface area contributed by atoms with Crippen LogP contribution in [0.3, 0.4) is 0 Å². The molecule has 4 N–H and O–H groups in total. The summed E-state index contributed by atoms with van der Waals surface area (Å²) in [6, 6.07) is 11.5. The number of nitrogens with zero attached hydrogens (tertiary/aromatic N) is 1. The number of carbonyl (C=O) groups excluding carboxylic acids is 1. The van der Waals surface area contributed by atoms with Gasteiger partial charge in [-0.05, 0) is 55.2 Å². The molecule has 5 heteroatoms. The predicted molar refractivity (Wildman–Crippen MR) is 104 cm³/mol. The van der Waals surface area contributed by atoms with Crippen LogP contribution in [0.5, 0.6) is 0 Å². The Labute approximate surface area is 147 Å². The maximum Gasteiger partial charge on any atom is 0.323 e. The highest BCUT2D eigenvalue weighted by Crippen LogP contribution is 2.25. The van der Waals surface area contributed by atoms with Gasteiger partial charge in [0.05, 0.1) is 0 Å². The van der Waals surface area contributed by atoms with Gasteiger partial charge in [0.15, 0.2) is 0 Å². The molecule has 0 spiro atoms. The van der Waals surface area contributed by atoms with E-state index in [0.29, 0.717) is 12.3 Å². The van der Waals surface area contributed by atoms with E-state index in [1.165, 1.54) is 5.56 Å². The molecule has 2 aromatic carbocycles. The Morgan fingerprint density at radius 3 is 2.44 bits per heavy atom. The first-order valence-electron chi connectivity index (χ1n) is 8.20. The number of hydrogen-bond acceptors (Lipinski definition) is 3. The third kappa shape index (κ3) is 3.88. The van der Waals surface area contributed by atoms with Crippen molar-refractivity contribution in [1.82, 2.24) is 0 Å². The van der Waals surface area contributed by atoms with Crippen LogP contribution in [-0.2, 0) is 0 Å². The number of nitrogens with two attached hydrogens (primary N) is 1. The smallest absolute Gasteiger partial charge is 0.323 e. The first kappa shape index (κ1) is 16.8. The summed E-state index contributed by atoms with van der Waals surface area (Å²) in [6.07, 6.45) is 2.41. The Hall–Kier alpha value is -3.08. The first-order valence-corrected chi connectivity index (χ1v) is 8.20. The van der Waals surface area contributed by atoms with Crippen LogP contribution in [0.4, 0.5) is 16.2 Å². The van der Waals surface area contributed by atoms with Crippen LogP contribution in [0, 0.1) is 20.8 Å². The maximum atomic E-state index is 12.4. The monoisotopic (exact) mass is 334 g/mol. The van der Waals surface area contributed by atoms with E-state index >= 15 is 0 Å². The molecule has 5 nitrogen and oxygen atoms in total. The van der Waals surface area contributed by atoms with Crippen molar-refractivity contribution >= 4 is 28.8 Å². The highest BCUT2D eigenvalue weighted by atomic mass is 16.2. The van der Waals surface area contributed by atoms with Crippen LogP contribution >= 0.6 is 0 Å². The Kier molecular flexibility index (Phi) is 4.57. The number of hydrogen-bond donors (Lipinski definition) is 3. The molecule has 0 radical (unpaired) electrons. The number of urea groups is 1. The Morgan fingerprint density at radius 1 is 1.08 bits per heavy atom. The van der Waals surface area contributed by atoms with Crippen molar-refractivity contribution in [3.8, 4) is 0 Å². The molecular weight excluding hydrogens is 312 g/mol. The molecule has 25 heavy (non-hydrogen) atoms. The highest BCUT2D eigenvalue weighted by Gasteiger charge is 2.12. The average Bonchev–Trinajstić information content (AvgIpc) is 2.98. The minimum atomic E-state index is -0.261. The molecule has 128 valence electrons. The largest absolute Gasteiger partial charge is 0.387 e. The number of anilines is 2. The van der Waals surface area contributed by atoms with Gasteiger partial charge < -0.3 is 16.4 Å². The molecule has 0 fully saturated rings. The zero-order valence-electron chi connectivity index (χ0n) is 14.7. The maximum absolute atomic E-state index is 12.4. The van der Waals surface area contributed by atoms with Crippen LogP contribution in [0.15, 0.2) is 47.6 Å². The van der Waals surface area contributed by atoms with Crippen molar-refractivity contribution in [2.24, 2.45) is 10.7 Å². The van der Waals surface area contributed by atoms with E-state index in [2.05, 4.69) is 27.8 Å². The van der Waals surface area contributed by atoms with Gasteiger partial charge in [-0.3, -0.25) is 0 Å². The fourth-order valence-corrected chi connectivity index (χ4v) is 3.07. The molecule has 1 heterocycles. The fourth-order valence-electron chi connectivity index (χ4n) is 3.07.